The SMILES string of the molecule is CC(c1ccc(F)c(F)c1)N(C)C(=O)C1(C)CCCNC1. The fourth-order valence-electron chi connectivity index (χ4n) is 2.84. The Labute approximate surface area is 124 Å². The summed E-state index contributed by atoms with van der Waals surface area (Å²) in [6.07, 6.45) is 1.81. The van der Waals surface area contributed by atoms with Gasteiger partial charge in [-0.25, -0.2) is 8.78 Å². The van der Waals surface area contributed by atoms with E-state index >= 15 is 0 Å². The van der Waals surface area contributed by atoms with E-state index in [9.17, 15) is 13.6 Å². The van der Waals surface area contributed by atoms with Crippen LogP contribution in [0.2, 0.25) is 0 Å². The van der Waals surface area contributed by atoms with Crippen LogP contribution in [0.1, 0.15) is 38.3 Å². The molecule has 1 aliphatic rings. The molecule has 3 nitrogen and oxygen atoms in total. The first kappa shape index (κ1) is 15.9. The lowest BCUT2D eigenvalue weighted by Gasteiger charge is -2.38. The van der Waals surface area contributed by atoms with Crippen molar-refractivity contribution in [3.63, 3.8) is 0 Å². The Bertz CT molecular complexity index is 527. The summed E-state index contributed by atoms with van der Waals surface area (Å²) in [7, 11) is 1.72. The van der Waals surface area contributed by atoms with E-state index in [0.29, 0.717) is 12.1 Å². The van der Waals surface area contributed by atoms with Gasteiger partial charge in [0, 0.05) is 13.6 Å². The second kappa shape index (κ2) is 6.10. The largest absolute Gasteiger partial charge is 0.338 e. The van der Waals surface area contributed by atoms with Gasteiger partial charge in [0.25, 0.3) is 0 Å². The fourth-order valence-corrected chi connectivity index (χ4v) is 2.84. The summed E-state index contributed by atoms with van der Waals surface area (Å²) in [6, 6.07) is 3.48. The number of nitrogens with zero attached hydrogens (tertiary/aromatic N) is 1. The van der Waals surface area contributed by atoms with E-state index in [1.54, 1.807) is 11.9 Å². The van der Waals surface area contributed by atoms with Gasteiger partial charge in [-0.3, -0.25) is 4.79 Å². The van der Waals surface area contributed by atoms with E-state index < -0.39 is 17.0 Å². The molecule has 1 aromatic rings. The minimum atomic E-state index is -0.884. The molecule has 1 aliphatic heterocycles. The molecule has 1 saturated heterocycles. The van der Waals surface area contributed by atoms with Crippen LogP contribution in [-0.4, -0.2) is 30.9 Å². The third-order valence-electron chi connectivity index (χ3n) is 4.44. The monoisotopic (exact) mass is 296 g/mol. The average Bonchev–Trinajstić information content (AvgIpc) is 2.48. The van der Waals surface area contributed by atoms with E-state index in [2.05, 4.69) is 5.32 Å². The van der Waals surface area contributed by atoms with Crippen molar-refractivity contribution in [3.8, 4) is 0 Å². The molecule has 0 bridgehead atoms. The zero-order valence-corrected chi connectivity index (χ0v) is 12.7. The Balaban J connectivity index is 2.16. The first-order chi connectivity index (χ1) is 9.85. The lowest BCUT2D eigenvalue weighted by Crippen LogP contribution is -2.49. The van der Waals surface area contributed by atoms with Crippen LogP contribution >= 0.6 is 0 Å². The van der Waals surface area contributed by atoms with Gasteiger partial charge in [0.1, 0.15) is 0 Å². The predicted octanol–water partition coefficient (Wildman–Crippen LogP) is 2.87. The van der Waals surface area contributed by atoms with Crippen molar-refractivity contribution < 1.29 is 13.6 Å². The van der Waals surface area contributed by atoms with Gasteiger partial charge in [0.2, 0.25) is 5.91 Å². The Hall–Kier alpha value is -1.49. The van der Waals surface area contributed by atoms with Crippen LogP contribution < -0.4 is 5.32 Å². The van der Waals surface area contributed by atoms with Crippen molar-refractivity contribution >= 4 is 5.91 Å². The van der Waals surface area contributed by atoms with Gasteiger partial charge < -0.3 is 10.2 Å². The second-order valence-electron chi connectivity index (χ2n) is 6.11. The van der Waals surface area contributed by atoms with Gasteiger partial charge in [-0.1, -0.05) is 6.07 Å². The van der Waals surface area contributed by atoms with Crippen molar-refractivity contribution in [2.24, 2.45) is 5.41 Å². The van der Waals surface area contributed by atoms with Crippen LogP contribution in [-0.2, 0) is 4.79 Å². The zero-order valence-electron chi connectivity index (χ0n) is 12.7. The van der Waals surface area contributed by atoms with Crippen molar-refractivity contribution in [2.45, 2.75) is 32.7 Å². The highest BCUT2D eigenvalue weighted by Crippen LogP contribution is 2.31. The molecule has 1 heterocycles. The first-order valence-corrected chi connectivity index (χ1v) is 7.28. The predicted molar refractivity (Wildman–Crippen MR) is 77.8 cm³/mol. The van der Waals surface area contributed by atoms with Crippen LogP contribution in [0.25, 0.3) is 0 Å². The maximum absolute atomic E-state index is 13.3. The number of carbonyl (C=O) groups is 1. The number of halogens is 2. The lowest BCUT2D eigenvalue weighted by molar-refractivity contribution is -0.142. The van der Waals surface area contributed by atoms with Crippen molar-refractivity contribution in [3.05, 3.63) is 35.4 Å². The third kappa shape index (κ3) is 3.23. The van der Waals surface area contributed by atoms with E-state index in [1.165, 1.54) is 6.07 Å². The number of piperidine rings is 1. The molecule has 2 rings (SSSR count). The second-order valence-corrected chi connectivity index (χ2v) is 6.11. The quantitative estimate of drug-likeness (QED) is 0.930. The van der Waals surface area contributed by atoms with Crippen LogP contribution in [0.4, 0.5) is 8.78 Å². The molecule has 2 atom stereocenters. The molecule has 1 amide bonds. The lowest BCUT2D eigenvalue weighted by atomic mass is 9.81. The molecule has 1 fully saturated rings. The van der Waals surface area contributed by atoms with Gasteiger partial charge in [0.15, 0.2) is 11.6 Å². The molecule has 0 radical (unpaired) electrons. The maximum atomic E-state index is 13.3. The van der Waals surface area contributed by atoms with Crippen molar-refractivity contribution in [1.29, 1.82) is 0 Å². The summed E-state index contributed by atoms with van der Waals surface area (Å²) < 4.78 is 26.4. The Morgan fingerprint density at radius 1 is 1.38 bits per heavy atom. The van der Waals surface area contributed by atoms with E-state index in [1.807, 2.05) is 13.8 Å². The highest BCUT2D eigenvalue weighted by molar-refractivity contribution is 5.83. The fraction of sp³-hybridized carbons (Fsp3) is 0.562. The molecular formula is C16H22F2N2O. The smallest absolute Gasteiger partial charge is 0.230 e. The number of hydrogen-bond donors (Lipinski definition) is 1. The standard InChI is InChI=1S/C16H22F2N2O/c1-11(12-5-6-13(17)14(18)9-12)20(3)15(21)16(2)7-4-8-19-10-16/h5-6,9,11,19H,4,7-8,10H2,1-3H3. The number of hydrogen-bond acceptors (Lipinski definition) is 2. The summed E-state index contributed by atoms with van der Waals surface area (Å²) >= 11 is 0. The van der Waals surface area contributed by atoms with Gasteiger partial charge in [-0.2, -0.15) is 0 Å². The topological polar surface area (TPSA) is 32.3 Å². The van der Waals surface area contributed by atoms with E-state index in [0.717, 1.165) is 31.5 Å². The minimum absolute atomic E-state index is 0.0342. The van der Waals surface area contributed by atoms with Crippen molar-refractivity contribution in [2.75, 3.05) is 20.1 Å². The maximum Gasteiger partial charge on any atom is 0.230 e. The molecule has 21 heavy (non-hydrogen) atoms. The van der Waals surface area contributed by atoms with E-state index in [4.69, 9.17) is 0 Å². The Morgan fingerprint density at radius 2 is 2.10 bits per heavy atom. The summed E-state index contributed by atoms with van der Waals surface area (Å²) in [6.45, 7) is 5.37. The average molecular weight is 296 g/mol. The number of benzene rings is 1. The third-order valence-corrected chi connectivity index (χ3v) is 4.44. The van der Waals surface area contributed by atoms with Gasteiger partial charge >= 0.3 is 0 Å². The van der Waals surface area contributed by atoms with Crippen molar-refractivity contribution in [1.82, 2.24) is 10.2 Å². The molecule has 0 aromatic heterocycles. The highest BCUT2D eigenvalue weighted by atomic mass is 19.2. The molecule has 5 heteroatoms. The number of rotatable bonds is 3. The molecule has 1 N–H and O–H groups in total. The van der Waals surface area contributed by atoms with Crippen LogP contribution in [0, 0.1) is 17.0 Å². The molecule has 116 valence electrons. The van der Waals surface area contributed by atoms with Gasteiger partial charge in [-0.05, 0) is 50.9 Å². The highest BCUT2D eigenvalue weighted by Gasteiger charge is 2.38. The summed E-state index contributed by atoms with van der Waals surface area (Å²) in [5.74, 6) is -1.72. The summed E-state index contributed by atoms with van der Waals surface area (Å²) in [5.41, 5.74) is 0.164. The first-order valence-electron chi connectivity index (χ1n) is 7.28. The summed E-state index contributed by atoms with van der Waals surface area (Å²) in [4.78, 5) is 14.3. The Morgan fingerprint density at radius 3 is 2.67 bits per heavy atom. The Kier molecular flexibility index (Phi) is 4.61. The molecule has 1 aromatic carbocycles. The van der Waals surface area contributed by atoms with Gasteiger partial charge in [-0.15, -0.1) is 0 Å². The van der Waals surface area contributed by atoms with E-state index in [-0.39, 0.29) is 11.9 Å². The normalized spacial score (nSPS) is 23.7. The molecule has 0 spiro atoms. The molecule has 0 saturated carbocycles. The van der Waals surface area contributed by atoms with Gasteiger partial charge in [0.05, 0.1) is 11.5 Å². The zero-order chi connectivity index (χ0) is 15.6. The molecule has 0 aliphatic carbocycles. The molecular weight excluding hydrogens is 274 g/mol. The van der Waals surface area contributed by atoms with Crippen LogP contribution in [0.15, 0.2) is 18.2 Å². The molecule has 2 unspecified atom stereocenters. The number of carbonyl (C=O) groups excluding carboxylic acids is 1. The number of amides is 1. The minimum Gasteiger partial charge on any atom is -0.338 e. The van der Waals surface area contributed by atoms with Crippen LogP contribution in [0.5, 0.6) is 0 Å². The summed E-state index contributed by atoms with van der Waals surface area (Å²) in [5, 5.41) is 3.25. The number of nitrogens with one attached hydrogen (secondary N) is 1. The van der Waals surface area contributed by atoms with Crippen LogP contribution in [0.3, 0.4) is 0 Å².